The quantitative estimate of drug-likeness (QED) is 0.433. The molecule has 0 saturated heterocycles. The number of hydrazone groups is 1. The zero-order valence-electron chi connectivity index (χ0n) is 14.1. The van der Waals surface area contributed by atoms with E-state index < -0.39 is 11.8 Å². The highest BCUT2D eigenvalue weighted by atomic mass is 16.5. The van der Waals surface area contributed by atoms with Crippen LogP contribution in [-0.4, -0.2) is 25.1 Å². The average molecular weight is 347 g/mol. The van der Waals surface area contributed by atoms with E-state index in [0.29, 0.717) is 11.4 Å². The third kappa shape index (κ3) is 4.05. The number of fused-ring (bicyclic) bond motifs is 1. The maximum absolute atomic E-state index is 11.9. The Kier molecular flexibility index (Phi) is 5.24. The predicted molar refractivity (Wildman–Crippen MR) is 101 cm³/mol. The second-order valence-corrected chi connectivity index (χ2v) is 5.45. The van der Waals surface area contributed by atoms with Gasteiger partial charge in [0.15, 0.2) is 0 Å². The number of hydrogen-bond donors (Lipinski definition) is 2. The Morgan fingerprint density at radius 3 is 2.58 bits per heavy atom. The van der Waals surface area contributed by atoms with Crippen molar-refractivity contribution < 1.29 is 14.3 Å². The van der Waals surface area contributed by atoms with Gasteiger partial charge in [-0.2, -0.15) is 5.10 Å². The summed E-state index contributed by atoms with van der Waals surface area (Å²) in [6.45, 7) is 0. The molecule has 6 heteroatoms. The number of hydrogen-bond acceptors (Lipinski definition) is 4. The summed E-state index contributed by atoms with van der Waals surface area (Å²) in [4.78, 5) is 23.8. The van der Waals surface area contributed by atoms with Gasteiger partial charge in [-0.1, -0.05) is 48.5 Å². The molecule has 0 unspecified atom stereocenters. The maximum atomic E-state index is 11.9. The van der Waals surface area contributed by atoms with E-state index in [1.807, 2.05) is 42.5 Å². The van der Waals surface area contributed by atoms with Crippen molar-refractivity contribution in [3.63, 3.8) is 0 Å². The van der Waals surface area contributed by atoms with Gasteiger partial charge in [-0.25, -0.2) is 5.43 Å². The van der Waals surface area contributed by atoms with E-state index in [2.05, 4.69) is 15.8 Å². The Labute approximate surface area is 150 Å². The van der Waals surface area contributed by atoms with Crippen LogP contribution < -0.4 is 15.5 Å². The molecule has 2 N–H and O–H groups in total. The molecule has 0 spiro atoms. The molecular weight excluding hydrogens is 330 g/mol. The van der Waals surface area contributed by atoms with E-state index in [0.717, 1.165) is 16.3 Å². The van der Waals surface area contributed by atoms with Crippen LogP contribution >= 0.6 is 0 Å². The van der Waals surface area contributed by atoms with E-state index in [9.17, 15) is 9.59 Å². The fourth-order valence-corrected chi connectivity index (χ4v) is 2.46. The molecule has 0 atom stereocenters. The predicted octanol–water partition coefficient (Wildman–Crippen LogP) is 2.94. The second-order valence-electron chi connectivity index (χ2n) is 5.45. The molecule has 0 aromatic heterocycles. The van der Waals surface area contributed by atoms with Gasteiger partial charge < -0.3 is 10.1 Å². The van der Waals surface area contributed by atoms with E-state index in [1.165, 1.54) is 13.3 Å². The number of ether oxygens (including phenoxy) is 1. The normalized spacial score (nSPS) is 10.7. The molecule has 3 rings (SSSR count). The number of anilines is 1. The third-order valence-corrected chi connectivity index (χ3v) is 3.73. The number of rotatable bonds is 4. The van der Waals surface area contributed by atoms with Crippen LogP contribution in [0, 0.1) is 0 Å². The second kappa shape index (κ2) is 7.94. The molecule has 2 amide bonds. The van der Waals surface area contributed by atoms with Crippen molar-refractivity contribution >= 4 is 34.5 Å². The number of nitrogens with one attached hydrogen (secondary N) is 2. The van der Waals surface area contributed by atoms with Crippen molar-refractivity contribution in [1.29, 1.82) is 0 Å². The Morgan fingerprint density at radius 1 is 0.962 bits per heavy atom. The summed E-state index contributed by atoms with van der Waals surface area (Å²) >= 11 is 0. The summed E-state index contributed by atoms with van der Waals surface area (Å²) in [5.41, 5.74) is 3.54. The van der Waals surface area contributed by atoms with Gasteiger partial charge in [0.25, 0.3) is 0 Å². The fraction of sp³-hybridized carbons (Fsp3) is 0.0500. The number of carbonyl (C=O) groups is 2. The van der Waals surface area contributed by atoms with E-state index in [1.54, 1.807) is 24.3 Å². The van der Waals surface area contributed by atoms with E-state index in [4.69, 9.17) is 4.74 Å². The lowest BCUT2D eigenvalue weighted by atomic mass is 10.1. The Balaban J connectivity index is 1.64. The zero-order chi connectivity index (χ0) is 18.4. The molecule has 6 nitrogen and oxygen atoms in total. The summed E-state index contributed by atoms with van der Waals surface area (Å²) in [5.74, 6) is -1.09. The summed E-state index contributed by atoms with van der Waals surface area (Å²) in [5, 5.41) is 8.44. The molecule has 0 aliphatic carbocycles. The lowest BCUT2D eigenvalue weighted by Crippen LogP contribution is -2.32. The average Bonchev–Trinajstić information content (AvgIpc) is 2.68. The number of benzene rings is 3. The van der Waals surface area contributed by atoms with Gasteiger partial charge in [0.1, 0.15) is 5.75 Å². The summed E-state index contributed by atoms with van der Waals surface area (Å²) in [7, 11) is 1.52. The molecule has 0 radical (unpaired) electrons. The molecule has 0 aliphatic heterocycles. The van der Waals surface area contributed by atoms with Crippen LogP contribution in [0.3, 0.4) is 0 Å². The molecule has 0 bridgehead atoms. The van der Waals surface area contributed by atoms with Crippen LogP contribution in [0.25, 0.3) is 10.8 Å². The molecule has 3 aromatic rings. The Morgan fingerprint density at radius 2 is 1.73 bits per heavy atom. The van der Waals surface area contributed by atoms with Gasteiger partial charge in [-0.15, -0.1) is 0 Å². The molecule has 130 valence electrons. The molecule has 26 heavy (non-hydrogen) atoms. The first kappa shape index (κ1) is 17.2. The van der Waals surface area contributed by atoms with Crippen molar-refractivity contribution in [2.75, 3.05) is 12.4 Å². The number of nitrogens with zero attached hydrogens (tertiary/aromatic N) is 1. The fourth-order valence-electron chi connectivity index (χ4n) is 2.46. The first-order valence-corrected chi connectivity index (χ1v) is 7.93. The smallest absolute Gasteiger partial charge is 0.329 e. The van der Waals surface area contributed by atoms with Crippen LogP contribution in [0.4, 0.5) is 5.69 Å². The van der Waals surface area contributed by atoms with Gasteiger partial charge in [0.05, 0.1) is 13.3 Å². The van der Waals surface area contributed by atoms with Gasteiger partial charge in [-0.3, -0.25) is 9.59 Å². The first-order valence-electron chi connectivity index (χ1n) is 7.93. The molecular formula is C20H17N3O3. The summed E-state index contributed by atoms with van der Waals surface area (Å²) < 4.78 is 5.07. The molecule has 0 fully saturated rings. The zero-order valence-corrected chi connectivity index (χ0v) is 14.1. The van der Waals surface area contributed by atoms with Crippen molar-refractivity contribution in [3.05, 3.63) is 72.3 Å². The molecule has 0 heterocycles. The molecule has 3 aromatic carbocycles. The lowest BCUT2D eigenvalue weighted by Gasteiger charge is -2.06. The third-order valence-electron chi connectivity index (χ3n) is 3.73. The van der Waals surface area contributed by atoms with Crippen molar-refractivity contribution in [1.82, 2.24) is 5.43 Å². The Hall–Kier alpha value is -3.67. The van der Waals surface area contributed by atoms with Gasteiger partial charge in [-0.05, 0) is 22.9 Å². The van der Waals surface area contributed by atoms with Crippen LogP contribution in [0.1, 0.15) is 5.56 Å². The minimum Gasteiger partial charge on any atom is -0.497 e. The van der Waals surface area contributed by atoms with E-state index >= 15 is 0 Å². The van der Waals surface area contributed by atoms with Crippen LogP contribution in [0.2, 0.25) is 0 Å². The van der Waals surface area contributed by atoms with Crippen molar-refractivity contribution in [3.8, 4) is 5.75 Å². The molecule has 0 saturated carbocycles. The van der Waals surface area contributed by atoms with Crippen molar-refractivity contribution in [2.45, 2.75) is 0 Å². The summed E-state index contributed by atoms with van der Waals surface area (Å²) in [6, 6.07) is 20.4. The highest BCUT2D eigenvalue weighted by Gasteiger charge is 2.13. The minimum absolute atomic E-state index is 0.461. The van der Waals surface area contributed by atoms with Crippen LogP contribution in [0.5, 0.6) is 5.75 Å². The molecule has 0 aliphatic rings. The van der Waals surface area contributed by atoms with Gasteiger partial charge in [0.2, 0.25) is 0 Å². The monoisotopic (exact) mass is 347 g/mol. The topological polar surface area (TPSA) is 79.8 Å². The number of carbonyl (C=O) groups excluding carboxylic acids is 2. The van der Waals surface area contributed by atoms with Crippen LogP contribution in [-0.2, 0) is 9.59 Å². The largest absolute Gasteiger partial charge is 0.497 e. The number of methoxy groups -OCH3 is 1. The van der Waals surface area contributed by atoms with Crippen LogP contribution in [0.15, 0.2) is 71.8 Å². The summed E-state index contributed by atoms with van der Waals surface area (Å²) in [6.07, 6.45) is 1.51. The minimum atomic E-state index is -0.857. The van der Waals surface area contributed by atoms with Gasteiger partial charge in [0, 0.05) is 17.3 Å². The highest BCUT2D eigenvalue weighted by molar-refractivity contribution is 6.39. The Bertz CT molecular complexity index is 977. The first-order chi connectivity index (χ1) is 12.7. The maximum Gasteiger partial charge on any atom is 0.329 e. The SMILES string of the molecule is COc1cccc(NC(=O)C(=O)N/N=C\c2cccc3ccccc23)c1. The highest BCUT2D eigenvalue weighted by Crippen LogP contribution is 2.17. The lowest BCUT2D eigenvalue weighted by molar-refractivity contribution is -0.136. The van der Waals surface area contributed by atoms with E-state index in [-0.39, 0.29) is 0 Å². The number of amides is 2. The van der Waals surface area contributed by atoms with Crippen molar-refractivity contribution in [2.24, 2.45) is 5.10 Å². The standard InChI is InChI=1S/C20H17N3O3/c1-26-17-10-5-9-16(12-17)22-19(24)20(25)23-21-13-15-8-4-7-14-6-2-3-11-18(14)15/h2-13H,1H3,(H,22,24)(H,23,25)/b21-13-. The van der Waals surface area contributed by atoms with Gasteiger partial charge >= 0.3 is 11.8 Å².